The number of nitrogens with one attached hydrogen (secondary N) is 1. The first-order valence-electron chi connectivity index (χ1n) is 8.60. The van der Waals surface area contributed by atoms with E-state index in [0.717, 1.165) is 38.2 Å². The molecule has 0 atom stereocenters. The van der Waals surface area contributed by atoms with Crippen LogP contribution in [0.3, 0.4) is 0 Å². The van der Waals surface area contributed by atoms with Crippen LogP contribution in [-0.2, 0) is 17.4 Å². The van der Waals surface area contributed by atoms with Crippen LogP contribution in [0.15, 0.2) is 24.3 Å². The summed E-state index contributed by atoms with van der Waals surface area (Å²) < 4.78 is 38.0. The number of rotatable bonds is 6. The Hall–Kier alpha value is -1.56. The van der Waals surface area contributed by atoms with Gasteiger partial charge in [-0.15, -0.1) is 0 Å². The molecule has 6 heteroatoms. The van der Waals surface area contributed by atoms with Crippen LogP contribution >= 0.6 is 0 Å². The molecular formula is C18H25F3N2O. The van der Waals surface area contributed by atoms with Crippen molar-refractivity contribution in [1.29, 1.82) is 0 Å². The zero-order chi connectivity index (χ0) is 17.4. The van der Waals surface area contributed by atoms with E-state index in [9.17, 15) is 18.0 Å². The third kappa shape index (κ3) is 6.51. The van der Waals surface area contributed by atoms with Gasteiger partial charge in [0.25, 0.3) is 0 Å². The van der Waals surface area contributed by atoms with E-state index in [4.69, 9.17) is 0 Å². The zero-order valence-corrected chi connectivity index (χ0v) is 13.9. The minimum Gasteiger partial charge on any atom is -0.356 e. The van der Waals surface area contributed by atoms with Crippen molar-refractivity contribution in [3.8, 4) is 0 Å². The predicted octanol–water partition coefficient (Wildman–Crippen LogP) is 3.63. The Morgan fingerprint density at radius 2 is 1.83 bits per heavy atom. The number of benzene rings is 1. The summed E-state index contributed by atoms with van der Waals surface area (Å²) in [6.45, 7) is 3.77. The highest BCUT2D eigenvalue weighted by molar-refractivity contribution is 5.78. The molecule has 1 amide bonds. The molecule has 0 aromatic heterocycles. The maximum atomic E-state index is 12.7. The highest BCUT2D eigenvalue weighted by Crippen LogP contribution is 2.29. The van der Waals surface area contributed by atoms with Gasteiger partial charge in [0.2, 0.25) is 5.91 Å². The van der Waals surface area contributed by atoms with Crippen LogP contribution in [0.4, 0.5) is 13.2 Å². The smallest absolute Gasteiger partial charge is 0.356 e. The first-order chi connectivity index (χ1) is 11.4. The number of hydrogen-bond donors (Lipinski definition) is 1. The van der Waals surface area contributed by atoms with Gasteiger partial charge in [0, 0.05) is 6.54 Å². The number of amides is 1. The van der Waals surface area contributed by atoms with E-state index >= 15 is 0 Å². The summed E-state index contributed by atoms with van der Waals surface area (Å²) >= 11 is 0. The van der Waals surface area contributed by atoms with Crippen molar-refractivity contribution in [1.82, 2.24) is 10.2 Å². The van der Waals surface area contributed by atoms with Crippen molar-refractivity contribution in [3.63, 3.8) is 0 Å². The number of carbonyl (C=O) groups excluding carboxylic acids is 1. The standard InChI is InChI=1S/C18H25F3N2O/c19-18(20,21)16-8-5-7-15(13-16)14-17(24)22-9-6-12-23-10-3-1-2-4-11-23/h5,7-8,13H,1-4,6,9-12,14H2,(H,22,24). The summed E-state index contributed by atoms with van der Waals surface area (Å²) in [5.74, 6) is -0.231. The molecule has 3 nitrogen and oxygen atoms in total. The summed E-state index contributed by atoms with van der Waals surface area (Å²) in [7, 11) is 0. The van der Waals surface area contributed by atoms with E-state index in [-0.39, 0.29) is 12.3 Å². The fourth-order valence-electron chi connectivity index (χ4n) is 3.00. The molecule has 2 rings (SSSR count). The Morgan fingerprint density at radius 1 is 1.12 bits per heavy atom. The molecule has 1 fully saturated rings. The van der Waals surface area contributed by atoms with Gasteiger partial charge in [-0.1, -0.05) is 31.0 Å². The Morgan fingerprint density at radius 3 is 2.50 bits per heavy atom. The monoisotopic (exact) mass is 342 g/mol. The molecule has 1 aromatic rings. The Bertz CT molecular complexity index is 523. The van der Waals surface area contributed by atoms with E-state index in [1.165, 1.54) is 31.7 Å². The average Bonchev–Trinajstić information content (AvgIpc) is 2.80. The summed E-state index contributed by atoms with van der Waals surface area (Å²) in [5, 5.41) is 2.80. The summed E-state index contributed by atoms with van der Waals surface area (Å²) in [6, 6.07) is 4.94. The molecule has 0 spiro atoms. The van der Waals surface area contributed by atoms with Crippen LogP contribution in [0.25, 0.3) is 0 Å². The maximum Gasteiger partial charge on any atom is 0.416 e. The molecule has 0 bridgehead atoms. The van der Waals surface area contributed by atoms with Crippen LogP contribution in [0.1, 0.15) is 43.2 Å². The van der Waals surface area contributed by atoms with Crippen LogP contribution in [0.2, 0.25) is 0 Å². The lowest BCUT2D eigenvalue weighted by atomic mass is 10.1. The Balaban J connectivity index is 1.69. The number of hydrogen-bond acceptors (Lipinski definition) is 2. The van der Waals surface area contributed by atoms with Crippen LogP contribution in [-0.4, -0.2) is 37.0 Å². The number of halogens is 3. The second-order valence-corrected chi connectivity index (χ2v) is 6.33. The van der Waals surface area contributed by atoms with E-state index in [1.807, 2.05) is 0 Å². The predicted molar refractivity (Wildman–Crippen MR) is 87.7 cm³/mol. The minimum absolute atomic E-state index is 0.0202. The van der Waals surface area contributed by atoms with E-state index < -0.39 is 11.7 Å². The third-order valence-electron chi connectivity index (χ3n) is 4.29. The van der Waals surface area contributed by atoms with Crippen molar-refractivity contribution in [2.24, 2.45) is 0 Å². The van der Waals surface area contributed by atoms with Gasteiger partial charge in [-0.25, -0.2) is 0 Å². The maximum absolute atomic E-state index is 12.7. The van der Waals surface area contributed by atoms with Gasteiger partial charge in [-0.3, -0.25) is 4.79 Å². The van der Waals surface area contributed by atoms with Crippen molar-refractivity contribution < 1.29 is 18.0 Å². The number of nitrogens with zero attached hydrogens (tertiary/aromatic N) is 1. The average molecular weight is 342 g/mol. The molecule has 1 aromatic carbocycles. The molecule has 0 saturated carbocycles. The van der Waals surface area contributed by atoms with Crippen LogP contribution < -0.4 is 5.32 Å². The molecule has 1 N–H and O–H groups in total. The zero-order valence-electron chi connectivity index (χ0n) is 13.9. The summed E-state index contributed by atoms with van der Waals surface area (Å²) in [5.41, 5.74) is -0.330. The lowest BCUT2D eigenvalue weighted by Crippen LogP contribution is -2.31. The molecule has 1 aliphatic heterocycles. The van der Waals surface area contributed by atoms with Crippen molar-refractivity contribution >= 4 is 5.91 Å². The lowest BCUT2D eigenvalue weighted by Gasteiger charge is -2.19. The summed E-state index contributed by atoms with van der Waals surface area (Å²) in [4.78, 5) is 14.3. The van der Waals surface area contributed by atoms with Gasteiger partial charge in [-0.2, -0.15) is 13.2 Å². The van der Waals surface area contributed by atoms with Gasteiger partial charge in [0.1, 0.15) is 0 Å². The fourth-order valence-corrected chi connectivity index (χ4v) is 3.00. The number of likely N-dealkylation sites (tertiary alicyclic amines) is 1. The number of alkyl halides is 3. The second-order valence-electron chi connectivity index (χ2n) is 6.33. The normalized spacial score (nSPS) is 16.6. The first kappa shape index (κ1) is 18.8. The van der Waals surface area contributed by atoms with Crippen LogP contribution in [0, 0.1) is 0 Å². The lowest BCUT2D eigenvalue weighted by molar-refractivity contribution is -0.137. The van der Waals surface area contributed by atoms with Gasteiger partial charge in [0.05, 0.1) is 12.0 Å². The SMILES string of the molecule is O=C(Cc1cccc(C(F)(F)F)c1)NCCCN1CCCCCC1. The molecule has 1 heterocycles. The highest BCUT2D eigenvalue weighted by atomic mass is 19.4. The van der Waals surface area contributed by atoms with E-state index in [1.54, 1.807) is 6.07 Å². The topological polar surface area (TPSA) is 32.3 Å². The van der Waals surface area contributed by atoms with Gasteiger partial charge >= 0.3 is 6.18 Å². The second kappa shape index (κ2) is 9.06. The Kier molecular flexibility index (Phi) is 7.09. The molecule has 0 aliphatic carbocycles. The minimum atomic E-state index is -4.38. The number of carbonyl (C=O) groups is 1. The molecule has 0 unspecified atom stereocenters. The third-order valence-corrected chi connectivity index (χ3v) is 4.29. The molecule has 0 radical (unpaired) electrons. The van der Waals surface area contributed by atoms with Crippen molar-refractivity contribution in [2.45, 2.75) is 44.7 Å². The summed E-state index contributed by atoms with van der Waals surface area (Å²) in [6.07, 6.45) is 1.54. The fraction of sp³-hybridized carbons (Fsp3) is 0.611. The van der Waals surface area contributed by atoms with Gasteiger partial charge < -0.3 is 10.2 Å². The Labute approximate surface area is 141 Å². The van der Waals surface area contributed by atoms with Crippen molar-refractivity contribution in [3.05, 3.63) is 35.4 Å². The van der Waals surface area contributed by atoms with E-state index in [2.05, 4.69) is 10.2 Å². The van der Waals surface area contributed by atoms with Crippen molar-refractivity contribution in [2.75, 3.05) is 26.2 Å². The van der Waals surface area contributed by atoms with Gasteiger partial charge in [-0.05, 0) is 50.5 Å². The molecule has 1 aliphatic rings. The molecule has 134 valence electrons. The van der Waals surface area contributed by atoms with E-state index in [0.29, 0.717) is 12.1 Å². The first-order valence-corrected chi connectivity index (χ1v) is 8.60. The highest BCUT2D eigenvalue weighted by Gasteiger charge is 2.30. The molecule has 24 heavy (non-hydrogen) atoms. The van der Waals surface area contributed by atoms with Crippen LogP contribution in [0.5, 0.6) is 0 Å². The molecular weight excluding hydrogens is 317 g/mol. The molecule has 1 saturated heterocycles. The quantitative estimate of drug-likeness (QED) is 0.801. The largest absolute Gasteiger partial charge is 0.416 e. The van der Waals surface area contributed by atoms with Gasteiger partial charge in [0.15, 0.2) is 0 Å².